The summed E-state index contributed by atoms with van der Waals surface area (Å²) < 4.78 is 5.16. The third kappa shape index (κ3) is 1.15. The van der Waals surface area contributed by atoms with Crippen LogP contribution in [0, 0.1) is 0 Å². The minimum absolute atomic E-state index is 0.0602. The molecule has 1 fully saturated rings. The Bertz CT molecular complexity index is 120. The zero-order valence-corrected chi connectivity index (χ0v) is 6.45. The van der Waals surface area contributed by atoms with Gasteiger partial charge in [0.05, 0.1) is 6.10 Å². The average Bonchev–Trinajstić information content (AvgIpc) is 2.09. The lowest BCUT2D eigenvalue weighted by atomic mass is 10.1. The highest BCUT2D eigenvalue weighted by atomic mass is 16.5. The number of ether oxygens (including phenoxy) is 1. The van der Waals surface area contributed by atoms with Gasteiger partial charge in [-0.1, -0.05) is 0 Å². The number of hydrogen-bond donors (Lipinski definition) is 2. The van der Waals surface area contributed by atoms with Crippen molar-refractivity contribution in [2.24, 2.45) is 11.6 Å². The number of methoxy groups -OCH3 is 1. The summed E-state index contributed by atoms with van der Waals surface area (Å²) in [6.45, 7) is 2.74. The molecule has 0 bridgehead atoms. The Morgan fingerprint density at radius 3 is 2.40 bits per heavy atom. The van der Waals surface area contributed by atoms with Crippen LogP contribution in [0.5, 0.6) is 0 Å². The molecular weight excluding hydrogens is 130 g/mol. The number of nitrogens with zero attached hydrogens (tertiary/aromatic N) is 1. The molecule has 0 spiro atoms. The lowest BCUT2D eigenvalue weighted by molar-refractivity contribution is 0.0658. The molecule has 1 aliphatic heterocycles. The number of rotatable bonds is 1. The van der Waals surface area contributed by atoms with E-state index in [9.17, 15) is 0 Å². The van der Waals surface area contributed by atoms with Gasteiger partial charge in [0.1, 0.15) is 0 Å². The third-order valence-corrected chi connectivity index (χ3v) is 2.11. The maximum atomic E-state index is 5.72. The van der Waals surface area contributed by atoms with E-state index in [1.54, 1.807) is 12.1 Å². The Balaban J connectivity index is 2.55. The van der Waals surface area contributed by atoms with Crippen molar-refractivity contribution in [3.8, 4) is 0 Å². The van der Waals surface area contributed by atoms with Gasteiger partial charge in [0.2, 0.25) is 0 Å². The van der Waals surface area contributed by atoms with Crippen molar-refractivity contribution in [3.63, 3.8) is 0 Å². The van der Waals surface area contributed by atoms with Crippen LogP contribution in [0.2, 0.25) is 0 Å². The molecule has 10 heavy (non-hydrogen) atoms. The van der Waals surface area contributed by atoms with Crippen molar-refractivity contribution in [2.45, 2.75) is 25.1 Å². The molecule has 3 unspecified atom stereocenters. The van der Waals surface area contributed by atoms with Crippen molar-refractivity contribution in [1.82, 2.24) is 5.01 Å². The summed E-state index contributed by atoms with van der Waals surface area (Å²) in [5.74, 6) is 5.61. The summed E-state index contributed by atoms with van der Waals surface area (Å²) in [5.41, 5.74) is 5.72. The van der Waals surface area contributed by atoms with Gasteiger partial charge in [-0.25, -0.2) is 5.01 Å². The Morgan fingerprint density at radius 1 is 1.60 bits per heavy atom. The molecule has 1 heterocycles. The minimum Gasteiger partial charge on any atom is -0.378 e. The van der Waals surface area contributed by atoms with Gasteiger partial charge in [0.25, 0.3) is 0 Å². The van der Waals surface area contributed by atoms with Crippen molar-refractivity contribution in [1.29, 1.82) is 0 Å². The Labute approximate surface area is 61.1 Å². The van der Waals surface area contributed by atoms with E-state index in [2.05, 4.69) is 0 Å². The fourth-order valence-electron chi connectivity index (χ4n) is 1.43. The van der Waals surface area contributed by atoms with Crippen LogP contribution in [0.15, 0.2) is 0 Å². The maximum Gasteiger partial charge on any atom is 0.0901 e. The van der Waals surface area contributed by atoms with Crippen LogP contribution in [0.25, 0.3) is 0 Å². The first-order chi connectivity index (χ1) is 4.66. The van der Waals surface area contributed by atoms with Gasteiger partial charge in [0.15, 0.2) is 0 Å². The van der Waals surface area contributed by atoms with E-state index in [1.807, 2.05) is 6.92 Å². The number of hydrazine groups is 1. The Kier molecular flexibility index (Phi) is 2.25. The molecule has 1 rings (SSSR count). The summed E-state index contributed by atoms with van der Waals surface area (Å²) >= 11 is 0. The van der Waals surface area contributed by atoms with Gasteiger partial charge in [0, 0.05) is 25.7 Å². The lowest BCUT2D eigenvalue weighted by Crippen LogP contribution is -2.39. The van der Waals surface area contributed by atoms with Gasteiger partial charge in [-0.05, 0) is 6.92 Å². The SMILES string of the molecule is COC1C(N)CN(N)C1C. The molecule has 0 aromatic heterocycles. The normalized spacial score (nSPS) is 42.6. The smallest absolute Gasteiger partial charge is 0.0901 e. The highest BCUT2D eigenvalue weighted by Gasteiger charge is 2.35. The van der Waals surface area contributed by atoms with E-state index in [1.165, 1.54) is 0 Å². The predicted octanol–water partition coefficient (Wildman–Crippen LogP) is -1.09. The molecule has 4 N–H and O–H groups in total. The monoisotopic (exact) mass is 145 g/mol. The van der Waals surface area contributed by atoms with E-state index in [-0.39, 0.29) is 18.2 Å². The first-order valence-corrected chi connectivity index (χ1v) is 3.46. The highest BCUT2D eigenvalue weighted by Crippen LogP contribution is 2.14. The van der Waals surface area contributed by atoms with Crippen LogP contribution >= 0.6 is 0 Å². The van der Waals surface area contributed by atoms with Crippen molar-refractivity contribution in [3.05, 3.63) is 0 Å². The van der Waals surface area contributed by atoms with Gasteiger partial charge < -0.3 is 10.5 Å². The predicted molar refractivity (Wildman–Crippen MR) is 39.1 cm³/mol. The molecule has 60 valence electrons. The van der Waals surface area contributed by atoms with Crippen LogP contribution in [0.1, 0.15) is 6.92 Å². The Hall–Kier alpha value is -0.160. The molecule has 0 radical (unpaired) electrons. The van der Waals surface area contributed by atoms with E-state index < -0.39 is 0 Å². The van der Waals surface area contributed by atoms with Gasteiger partial charge >= 0.3 is 0 Å². The molecule has 0 amide bonds. The second kappa shape index (κ2) is 2.84. The van der Waals surface area contributed by atoms with Crippen molar-refractivity contribution >= 4 is 0 Å². The van der Waals surface area contributed by atoms with Crippen molar-refractivity contribution < 1.29 is 4.74 Å². The number of hydrogen-bond acceptors (Lipinski definition) is 4. The summed E-state index contributed by atoms with van der Waals surface area (Å²) in [5, 5.41) is 1.72. The standard InChI is InChI=1S/C6H15N3O/c1-4-6(10-2)5(7)3-9(4)8/h4-6H,3,7-8H2,1-2H3. The summed E-state index contributed by atoms with van der Waals surface area (Å²) in [6.07, 6.45) is 0.0880. The van der Waals surface area contributed by atoms with Crippen LogP contribution < -0.4 is 11.6 Å². The van der Waals surface area contributed by atoms with Crippen molar-refractivity contribution in [2.75, 3.05) is 13.7 Å². The van der Waals surface area contributed by atoms with Crippen LogP contribution in [0.3, 0.4) is 0 Å². The van der Waals surface area contributed by atoms with E-state index in [4.69, 9.17) is 16.3 Å². The van der Waals surface area contributed by atoms with Crippen LogP contribution in [-0.2, 0) is 4.74 Å². The van der Waals surface area contributed by atoms with E-state index in [0.717, 1.165) is 6.54 Å². The third-order valence-electron chi connectivity index (χ3n) is 2.11. The van der Waals surface area contributed by atoms with Gasteiger partial charge in [-0.2, -0.15) is 0 Å². The van der Waals surface area contributed by atoms with E-state index >= 15 is 0 Å². The first kappa shape index (κ1) is 7.94. The summed E-state index contributed by atoms with van der Waals surface area (Å²) in [4.78, 5) is 0. The van der Waals surface area contributed by atoms with Crippen LogP contribution in [0.4, 0.5) is 0 Å². The molecule has 1 saturated heterocycles. The molecule has 0 aromatic carbocycles. The molecule has 4 nitrogen and oxygen atoms in total. The largest absolute Gasteiger partial charge is 0.378 e. The lowest BCUT2D eigenvalue weighted by Gasteiger charge is -2.18. The van der Waals surface area contributed by atoms with Crippen LogP contribution in [-0.4, -0.2) is 36.9 Å². The zero-order chi connectivity index (χ0) is 7.72. The number of nitrogens with two attached hydrogens (primary N) is 2. The van der Waals surface area contributed by atoms with Gasteiger partial charge in [-0.15, -0.1) is 0 Å². The molecule has 3 atom stereocenters. The average molecular weight is 145 g/mol. The molecule has 0 saturated carbocycles. The fourth-order valence-corrected chi connectivity index (χ4v) is 1.43. The molecule has 0 aromatic rings. The Morgan fingerprint density at radius 2 is 2.20 bits per heavy atom. The molecule has 4 heteroatoms. The fraction of sp³-hybridized carbons (Fsp3) is 1.00. The summed E-state index contributed by atoms with van der Waals surface area (Å²) in [6, 6.07) is 0.296. The quantitative estimate of drug-likeness (QED) is 0.460. The zero-order valence-electron chi connectivity index (χ0n) is 6.45. The second-order valence-corrected chi connectivity index (χ2v) is 2.80. The maximum absolute atomic E-state index is 5.72. The topological polar surface area (TPSA) is 64.5 Å². The molecule has 1 aliphatic rings. The minimum atomic E-state index is 0.0602. The van der Waals surface area contributed by atoms with Gasteiger partial charge in [-0.3, -0.25) is 5.84 Å². The first-order valence-electron chi connectivity index (χ1n) is 3.46. The molecular formula is C6H15N3O. The molecule has 0 aliphatic carbocycles. The van der Waals surface area contributed by atoms with E-state index in [0.29, 0.717) is 0 Å². The second-order valence-electron chi connectivity index (χ2n) is 2.80. The highest BCUT2D eigenvalue weighted by molar-refractivity contribution is 4.91. The summed E-state index contributed by atoms with van der Waals surface area (Å²) in [7, 11) is 1.67.